The van der Waals surface area contributed by atoms with Crippen LogP contribution in [-0.2, 0) is 19.5 Å². The molecule has 0 bridgehead atoms. The van der Waals surface area contributed by atoms with Crippen LogP contribution < -0.4 is 5.32 Å². The van der Waals surface area contributed by atoms with E-state index >= 15 is 0 Å². The van der Waals surface area contributed by atoms with Crippen LogP contribution in [0.15, 0.2) is 55.5 Å². The number of hydrogen-bond donors (Lipinski definition) is 1. The summed E-state index contributed by atoms with van der Waals surface area (Å²) in [5.41, 5.74) is 5.23. The van der Waals surface area contributed by atoms with Gasteiger partial charge < -0.3 is 14.8 Å². The van der Waals surface area contributed by atoms with Crippen LogP contribution >= 0.6 is 11.3 Å². The highest BCUT2D eigenvalue weighted by Crippen LogP contribution is 2.34. The predicted octanol–water partition coefficient (Wildman–Crippen LogP) is 7.03. The van der Waals surface area contributed by atoms with Gasteiger partial charge in [-0.05, 0) is 67.5 Å². The normalized spacial score (nSPS) is 18.2. The number of allylic oxidation sites excluding steroid dienone is 1. The zero-order chi connectivity index (χ0) is 31.0. The van der Waals surface area contributed by atoms with Crippen LogP contribution in [0.5, 0.6) is 0 Å². The number of alkyl halides is 3. The highest BCUT2D eigenvalue weighted by atomic mass is 32.1. The zero-order valence-electron chi connectivity index (χ0n) is 24.8. The number of hydrogen-bond acceptors (Lipinski definition) is 7. The van der Waals surface area contributed by atoms with Crippen LogP contribution in [0.3, 0.4) is 0 Å². The highest BCUT2D eigenvalue weighted by Gasteiger charge is 2.30. The number of anilines is 1. The average Bonchev–Trinajstić information content (AvgIpc) is 3.72. The Labute approximate surface area is 259 Å². The summed E-state index contributed by atoms with van der Waals surface area (Å²) in [6.07, 6.45) is 0.881. The number of nitriles is 1. The lowest BCUT2D eigenvalue weighted by Gasteiger charge is -2.33. The molecule has 2 aliphatic heterocycles. The first kappa shape index (κ1) is 30.2. The first-order chi connectivity index (χ1) is 21.1. The summed E-state index contributed by atoms with van der Waals surface area (Å²) in [5.74, 6) is 1.05. The van der Waals surface area contributed by atoms with Gasteiger partial charge in [-0.3, -0.25) is 4.90 Å². The van der Waals surface area contributed by atoms with Gasteiger partial charge in [0.1, 0.15) is 28.7 Å². The van der Waals surface area contributed by atoms with Crippen LogP contribution in [0.1, 0.15) is 41.0 Å². The Bertz CT molecular complexity index is 1740. The predicted molar refractivity (Wildman–Crippen MR) is 170 cm³/mol. The largest absolute Gasteiger partial charge is 0.393 e. The molecule has 3 aromatic heterocycles. The molecular weight excluding hydrogens is 583 g/mol. The van der Waals surface area contributed by atoms with Gasteiger partial charge in [0.2, 0.25) is 0 Å². The van der Waals surface area contributed by atoms with Crippen LogP contribution in [0.4, 0.5) is 19.0 Å². The summed E-state index contributed by atoms with van der Waals surface area (Å²) >= 11 is 1.07. The fourth-order valence-electron chi connectivity index (χ4n) is 6.59. The summed E-state index contributed by atoms with van der Waals surface area (Å²) < 4.78 is 40.9. The maximum absolute atomic E-state index is 12.9. The molecule has 1 aromatic carbocycles. The molecule has 0 spiro atoms. The summed E-state index contributed by atoms with van der Waals surface area (Å²) in [5, 5.41) is 15.2. The van der Waals surface area contributed by atoms with Gasteiger partial charge in [-0.2, -0.15) is 18.4 Å². The molecule has 1 N–H and O–H groups in total. The zero-order valence-corrected chi connectivity index (χ0v) is 25.6. The molecule has 11 heteroatoms. The van der Waals surface area contributed by atoms with E-state index in [1.807, 2.05) is 6.07 Å². The molecule has 44 heavy (non-hydrogen) atoms. The van der Waals surface area contributed by atoms with Crippen molar-refractivity contribution in [3.05, 3.63) is 77.2 Å². The lowest BCUT2D eigenvalue weighted by Crippen LogP contribution is -2.39. The van der Waals surface area contributed by atoms with Crippen molar-refractivity contribution in [3.8, 4) is 6.07 Å². The molecule has 0 aliphatic carbocycles. The van der Waals surface area contributed by atoms with Gasteiger partial charge in [0.15, 0.2) is 0 Å². The number of benzene rings is 1. The number of aryl methyl sites for hydroxylation is 1. The number of likely N-dealkylation sites (tertiary alicyclic amines) is 2. The summed E-state index contributed by atoms with van der Waals surface area (Å²) in [6, 6.07) is 10.6. The van der Waals surface area contributed by atoms with E-state index in [0.717, 1.165) is 86.5 Å². The Hall–Kier alpha value is -3.88. The number of thiophene rings is 1. The number of nitrogens with one attached hydrogen (secondary N) is 1. The topological polar surface area (TPSA) is 73.0 Å². The van der Waals surface area contributed by atoms with Gasteiger partial charge in [-0.1, -0.05) is 19.2 Å². The molecule has 230 valence electrons. The molecule has 2 fully saturated rings. The standard InChI is InChI=1S/C33H36F3N7S/c1-4-21(2)42-12-7-23(17-42)18-43-26(16-37)13-28-22(3)24(5-6-30(28)43)19-41-10-8-25(9-11-41)40-31-29-14-27(15-33(34,35)36)44-32(29)39-20-38-31/h4-6,13-14,20,23,25H,1-2,7-12,15,17-19H2,3H3,(H,38,39,40). The number of halogens is 3. The maximum Gasteiger partial charge on any atom is 0.393 e. The third-order valence-electron chi connectivity index (χ3n) is 9.03. The summed E-state index contributed by atoms with van der Waals surface area (Å²) in [6.45, 7) is 15.4. The molecule has 0 radical (unpaired) electrons. The Morgan fingerprint density at radius 1 is 1.16 bits per heavy atom. The van der Waals surface area contributed by atoms with Crippen LogP contribution in [-0.4, -0.2) is 62.7 Å². The van der Waals surface area contributed by atoms with E-state index in [9.17, 15) is 18.4 Å². The number of piperidine rings is 1. The van der Waals surface area contributed by atoms with E-state index in [2.05, 4.69) is 67.9 Å². The van der Waals surface area contributed by atoms with Crippen molar-refractivity contribution in [2.75, 3.05) is 31.5 Å². The molecule has 4 aromatic rings. The first-order valence-corrected chi connectivity index (χ1v) is 15.8. The molecule has 1 atom stereocenters. The fraction of sp³-hybridized carbons (Fsp3) is 0.424. The molecular formula is C33H36F3N7S. The molecule has 0 saturated carbocycles. The Morgan fingerprint density at radius 2 is 1.95 bits per heavy atom. The van der Waals surface area contributed by atoms with E-state index < -0.39 is 12.6 Å². The van der Waals surface area contributed by atoms with Gasteiger partial charge >= 0.3 is 6.18 Å². The number of aromatic nitrogens is 3. The van der Waals surface area contributed by atoms with Crippen molar-refractivity contribution >= 4 is 38.3 Å². The van der Waals surface area contributed by atoms with Crippen molar-refractivity contribution in [1.29, 1.82) is 5.26 Å². The van der Waals surface area contributed by atoms with Gasteiger partial charge in [-0.15, -0.1) is 11.3 Å². The van der Waals surface area contributed by atoms with Crippen molar-refractivity contribution < 1.29 is 13.2 Å². The van der Waals surface area contributed by atoms with E-state index in [-0.39, 0.29) is 10.9 Å². The second-order valence-corrected chi connectivity index (χ2v) is 13.1. The molecule has 2 aliphatic rings. The second-order valence-electron chi connectivity index (χ2n) is 12.0. The van der Waals surface area contributed by atoms with E-state index in [0.29, 0.717) is 27.6 Å². The Balaban J connectivity index is 1.10. The lowest BCUT2D eigenvalue weighted by atomic mass is 10.0. The minimum Gasteiger partial charge on any atom is -0.372 e. The molecule has 2 saturated heterocycles. The maximum atomic E-state index is 12.9. The van der Waals surface area contributed by atoms with Gasteiger partial charge in [-0.25, -0.2) is 9.97 Å². The van der Waals surface area contributed by atoms with Crippen molar-refractivity contribution in [2.24, 2.45) is 5.92 Å². The smallest absolute Gasteiger partial charge is 0.372 e. The molecule has 0 amide bonds. The van der Waals surface area contributed by atoms with E-state index in [4.69, 9.17) is 0 Å². The first-order valence-electron chi connectivity index (χ1n) is 15.0. The quantitative estimate of drug-likeness (QED) is 0.203. The third-order valence-corrected chi connectivity index (χ3v) is 10.1. The molecule has 6 rings (SSSR count). The SMILES string of the molecule is C=CC(=C)N1CCC(Cn2c(C#N)cc3c(C)c(CN4CCC(Nc5ncnc6sc(CC(F)(F)F)cc56)CC4)ccc32)C1. The Morgan fingerprint density at radius 3 is 2.68 bits per heavy atom. The van der Waals surface area contributed by atoms with Crippen molar-refractivity contribution in [2.45, 2.75) is 57.9 Å². The number of rotatable bonds is 9. The fourth-order valence-corrected chi connectivity index (χ4v) is 7.61. The summed E-state index contributed by atoms with van der Waals surface area (Å²) in [7, 11) is 0. The van der Waals surface area contributed by atoms with Gasteiger partial charge in [0, 0.05) is 66.8 Å². The highest BCUT2D eigenvalue weighted by molar-refractivity contribution is 7.18. The minimum absolute atomic E-state index is 0.182. The molecule has 7 nitrogen and oxygen atoms in total. The van der Waals surface area contributed by atoms with Crippen LogP contribution in [0.2, 0.25) is 0 Å². The van der Waals surface area contributed by atoms with Gasteiger partial charge in [0.05, 0.1) is 11.8 Å². The van der Waals surface area contributed by atoms with E-state index in [1.54, 1.807) is 12.1 Å². The monoisotopic (exact) mass is 619 g/mol. The van der Waals surface area contributed by atoms with E-state index in [1.165, 1.54) is 17.5 Å². The second kappa shape index (κ2) is 12.3. The lowest BCUT2D eigenvalue weighted by molar-refractivity contribution is -0.126. The minimum atomic E-state index is -4.25. The summed E-state index contributed by atoms with van der Waals surface area (Å²) in [4.78, 5) is 14.1. The van der Waals surface area contributed by atoms with Crippen LogP contribution in [0.25, 0.3) is 21.1 Å². The molecule has 1 unspecified atom stereocenters. The third kappa shape index (κ3) is 6.33. The van der Waals surface area contributed by atoms with Crippen molar-refractivity contribution in [3.63, 3.8) is 0 Å². The average molecular weight is 620 g/mol. The van der Waals surface area contributed by atoms with Crippen LogP contribution in [0, 0.1) is 24.2 Å². The Kier molecular flexibility index (Phi) is 8.40. The number of fused-ring (bicyclic) bond motifs is 2. The van der Waals surface area contributed by atoms with Crippen molar-refractivity contribution in [1.82, 2.24) is 24.3 Å². The number of nitrogens with zero attached hydrogens (tertiary/aromatic N) is 6. The molecule has 5 heterocycles. The van der Waals surface area contributed by atoms with Gasteiger partial charge in [0.25, 0.3) is 0 Å².